The molecule has 0 amide bonds. The summed E-state index contributed by atoms with van der Waals surface area (Å²) in [7, 11) is 0. The molecule has 1 N–H and O–H groups in total. The lowest BCUT2D eigenvalue weighted by atomic mass is 9.76. The Morgan fingerprint density at radius 2 is 1.56 bits per heavy atom. The maximum absolute atomic E-state index is 3.65. The summed E-state index contributed by atoms with van der Waals surface area (Å²) in [5, 5.41) is 3.65. The molecule has 0 aromatic heterocycles. The minimum Gasteiger partial charge on any atom is -0.382 e. The zero-order valence-electron chi connectivity index (χ0n) is 10.8. The number of anilines is 1. The van der Waals surface area contributed by atoms with Gasteiger partial charge in [0.1, 0.15) is 0 Å². The Morgan fingerprint density at radius 1 is 0.889 bits per heavy atom. The van der Waals surface area contributed by atoms with Crippen LogP contribution in [0.2, 0.25) is 0 Å². The van der Waals surface area contributed by atoms with Crippen LogP contribution in [0.1, 0.15) is 29.9 Å². The van der Waals surface area contributed by atoms with E-state index in [2.05, 4.69) is 66.8 Å². The molecule has 18 heavy (non-hydrogen) atoms. The van der Waals surface area contributed by atoms with Gasteiger partial charge in [-0.2, -0.15) is 0 Å². The van der Waals surface area contributed by atoms with Crippen molar-refractivity contribution in [1.82, 2.24) is 0 Å². The Bertz CT molecular complexity index is 512. The Hall–Kier alpha value is -1.76. The summed E-state index contributed by atoms with van der Waals surface area (Å²) in [5.41, 5.74) is 4.11. The minimum atomic E-state index is 0.635. The number of benzene rings is 2. The van der Waals surface area contributed by atoms with Crippen LogP contribution in [0.15, 0.2) is 54.6 Å². The van der Waals surface area contributed by atoms with Crippen LogP contribution >= 0.6 is 0 Å². The smallest absolute Gasteiger partial charge is 0.0372 e. The molecule has 0 heterocycles. The van der Waals surface area contributed by atoms with Crippen molar-refractivity contribution in [3.05, 3.63) is 65.7 Å². The summed E-state index contributed by atoms with van der Waals surface area (Å²) in [4.78, 5) is 0. The monoisotopic (exact) mass is 237 g/mol. The van der Waals surface area contributed by atoms with E-state index < -0.39 is 0 Å². The molecule has 0 atom stereocenters. The van der Waals surface area contributed by atoms with Gasteiger partial charge in [-0.1, -0.05) is 48.5 Å². The zero-order chi connectivity index (χ0) is 12.4. The van der Waals surface area contributed by atoms with Gasteiger partial charge < -0.3 is 5.32 Å². The maximum atomic E-state index is 3.65. The molecule has 1 aliphatic rings. The predicted octanol–water partition coefficient (Wildman–Crippen LogP) is 4.35. The number of para-hydroxylation sites is 1. The second-order valence-electron chi connectivity index (χ2n) is 5.24. The van der Waals surface area contributed by atoms with E-state index in [1.165, 1.54) is 29.7 Å². The summed E-state index contributed by atoms with van der Waals surface area (Å²) < 4.78 is 0. The average Bonchev–Trinajstić information content (AvgIpc) is 2.36. The van der Waals surface area contributed by atoms with Crippen LogP contribution in [-0.4, -0.2) is 6.04 Å². The Kier molecular flexibility index (Phi) is 3.06. The van der Waals surface area contributed by atoms with Gasteiger partial charge in [0.15, 0.2) is 0 Å². The second kappa shape index (κ2) is 4.85. The lowest BCUT2D eigenvalue weighted by molar-refractivity contribution is 0.374. The summed E-state index contributed by atoms with van der Waals surface area (Å²) >= 11 is 0. The van der Waals surface area contributed by atoms with Crippen molar-refractivity contribution in [1.29, 1.82) is 0 Å². The van der Waals surface area contributed by atoms with Crippen LogP contribution in [0.4, 0.5) is 5.69 Å². The molecule has 2 aromatic carbocycles. The SMILES string of the molecule is Cc1ccccc1NC1CC(c2ccccc2)C1. The molecule has 1 saturated carbocycles. The molecule has 1 aliphatic carbocycles. The Morgan fingerprint density at radius 3 is 2.28 bits per heavy atom. The second-order valence-corrected chi connectivity index (χ2v) is 5.24. The van der Waals surface area contributed by atoms with E-state index in [9.17, 15) is 0 Å². The van der Waals surface area contributed by atoms with Gasteiger partial charge in [-0.15, -0.1) is 0 Å². The van der Waals surface area contributed by atoms with E-state index in [-0.39, 0.29) is 0 Å². The number of hydrogen-bond acceptors (Lipinski definition) is 1. The van der Waals surface area contributed by atoms with E-state index in [1.54, 1.807) is 0 Å². The number of nitrogens with one attached hydrogen (secondary N) is 1. The maximum Gasteiger partial charge on any atom is 0.0372 e. The van der Waals surface area contributed by atoms with Crippen molar-refractivity contribution in [2.75, 3.05) is 5.32 Å². The quantitative estimate of drug-likeness (QED) is 0.836. The van der Waals surface area contributed by atoms with Crippen molar-refractivity contribution >= 4 is 5.69 Å². The van der Waals surface area contributed by atoms with Crippen molar-refractivity contribution < 1.29 is 0 Å². The van der Waals surface area contributed by atoms with Crippen molar-refractivity contribution in [2.24, 2.45) is 0 Å². The molecule has 92 valence electrons. The molecule has 0 unspecified atom stereocenters. The summed E-state index contributed by atoms with van der Waals surface area (Å²) in [6.07, 6.45) is 2.50. The number of aryl methyl sites for hydroxylation is 1. The van der Waals surface area contributed by atoms with E-state index in [4.69, 9.17) is 0 Å². The highest BCUT2D eigenvalue weighted by Crippen LogP contribution is 2.38. The van der Waals surface area contributed by atoms with Gasteiger partial charge in [0.25, 0.3) is 0 Å². The summed E-state index contributed by atoms with van der Waals surface area (Å²) in [6, 6.07) is 20.0. The number of rotatable bonds is 3. The largest absolute Gasteiger partial charge is 0.382 e. The third-order valence-corrected chi connectivity index (χ3v) is 3.91. The van der Waals surface area contributed by atoms with Gasteiger partial charge in [0, 0.05) is 11.7 Å². The van der Waals surface area contributed by atoms with Crippen LogP contribution in [0.3, 0.4) is 0 Å². The topological polar surface area (TPSA) is 12.0 Å². The molecule has 0 aliphatic heterocycles. The molecule has 2 aromatic rings. The van der Waals surface area contributed by atoms with E-state index in [0.717, 1.165) is 5.92 Å². The third-order valence-electron chi connectivity index (χ3n) is 3.91. The highest BCUT2D eigenvalue weighted by molar-refractivity contribution is 5.51. The van der Waals surface area contributed by atoms with Crippen LogP contribution in [0.25, 0.3) is 0 Å². The summed E-state index contributed by atoms with van der Waals surface area (Å²) in [6.45, 7) is 2.16. The highest BCUT2D eigenvalue weighted by atomic mass is 14.9. The Balaban J connectivity index is 1.59. The van der Waals surface area contributed by atoms with Gasteiger partial charge in [0.05, 0.1) is 0 Å². The molecule has 1 fully saturated rings. The molecule has 0 radical (unpaired) electrons. The predicted molar refractivity (Wildman–Crippen MR) is 77.0 cm³/mol. The van der Waals surface area contributed by atoms with Gasteiger partial charge in [-0.25, -0.2) is 0 Å². The molecule has 0 spiro atoms. The first-order valence-corrected chi connectivity index (χ1v) is 6.70. The Labute approximate surface area is 109 Å². The van der Waals surface area contributed by atoms with Crippen LogP contribution in [0.5, 0.6) is 0 Å². The van der Waals surface area contributed by atoms with Gasteiger partial charge in [-0.3, -0.25) is 0 Å². The zero-order valence-corrected chi connectivity index (χ0v) is 10.8. The highest BCUT2D eigenvalue weighted by Gasteiger charge is 2.30. The summed E-state index contributed by atoms with van der Waals surface area (Å²) in [5.74, 6) is 0.743. The van der Waals surface area contributed by atoms with Crippen LogP contribution < -0.4 is 5.32 Å². The van der Waals surface area contributed by atoms with Gasteiger partial charge in [0.2, 0.25) is 0 Å². The molecule has 0 bridgehead atoms. The first kappa shape index (κ1) is 11.3. The fourth-order valence-corrected chi connectivity index (χ4v) is 2.69. The minimum absolute atomic E-state index is 0.635. The molecule has 1 heteroatoms. The lowest BCUT2D eigenvalue weighted by Crippen LogP contribution is -2.34. The standard InChI is InChI=1S/C17H19N/c1-13-7-5-6-10-17(13)18-16-11-15(12-16)14-8-3-2-4-9-14/h2-10,15-16,18H,11-12H2,1H3. The van der Waals surface area contributed by atoms with Crippen molar-refractivity contribution in [2.45, 2.75) is 31.7 Å². The van der Waals surface area contributed by atoms with Gasteiger partial charge >= 0.3 is 0 Å². The normalized spacial score (nSPS) is 22.3. The van der Waals surface area contributed by atoms with E-state index >= 15 is 0 Å². The molecule has 3 rings (SSSR count). The van der Waals surface area contributed by atoms with Crippen LogP contribution in [-0.2, 0) is 0 Å². The average molecular weight is 237 g/mol. The first-order valence-electron chi connectivity index (χ1n) is 6.70. The number of hydrogen-bond donors (Lipinski definition) is 1. The fraction of sp³-hybridized carbons (Fsp3) is 0.294. The first-order chi connectivity index (χ1) is 8.83. The molecule has 0 saturated heterocycles. The lowest BCUT2D eigenvalue weighted by Gasteiger charge is -2.37. The van der Waals surface area contributed by atoms with Gasteiger partial charge in [-0.05, 0) is 42.9 Å². The molecular formula is C17H19N. The fourth-order valence-electron chi connectivity index (χ4n) is 2.69. The van der Waals surface area contributed by atoms with E-state index in [1.807, 2.05) is 0 Å². The third kappa shape index (κ3) is 2.26. The molecule has 1 nitrogen and oxygen atoms in total. The van der Waals surface area contributed by atoms with Crippen molar-refractivity contribution in [3.63, 3.8) is 0 Å². The molecular weight excluding hydrogens is 218 g/mol. The van der Waals surface area contributed by atoms with E-state index in [0.29, 0.717) is 6.04 Å². The van der Waals surface area contributed by atoms with Crippen molar-refractivity contribution in [3.8, 4) is 0 Å². The van der Waals surface area contributed by atoms with Crippen LogP contribution in [0, 0.1) is 6.92 Å².